The van der Waals surface area contributed by atoms with Crippen LogP contribution in [0, 0.1) is 35.5 Å². The van der Waals surface area contributed by atoms with Crippen molar-refractivity contribution in [1.82, 2.24) is 0 Å². The summed E-state index contributed by atoms with van der Waals surface area (Å²) in [6.07, 6.45) is 8.40. The van der Waals surface area contributed by atoms with Crippen LogP contribution >= 0.6 is 0 Å². The number of methoxy groups -OCH3 is 2. The monoisotopic (exact) mass is 248 g/mol. The molecular weight excluding hydrogens is 232 g/mol. The fraction of sp³-hybridized carbons (Fsp3) is 0.571. The molecule has 0 aromatic heterocycles. The van der Waals surface area contributed by atoms with Crippen LogP contribution in [-0.4, -0.2) is 26.2 Å². The number of esters is 2. The summed E-state index contributed by atoms with van der Waals surface area (Å²) in [5.74, 6) is -0.502. The average Bonchev–Trinajstić information content (AvgIpc) is 2.35. The molecule has 4 aliphatic carbocycles. The van der Waals surface area contributed by atoms with Gasteiger partial charge in [0.05, 0.1) is 26.1 Å². The van der Waals surface area contributed by atoms with Crippen LogP contribution in [0.1, 0.15) is 0 Å². The van der Waals surface area contributed by atoms with Gasteiger partial charge in [0, 0.05) is 0 Å². The fourth-order valence-corrected chi connectivity index (χ4v) is 3.73. The Kier molecular flexibility index (Phi) is 2.54. The molecule has 1 saturated carbocycles. The van der Waals surface area contributed by atoms with E-state index in [2.05, 4.69) is 24.3 Å². The van der Waals surface area contributed by atoms with Crippen LogP contribution in [0.2, 0.25) is 0 Å². The van der Waals surface area contributed by atoms with Gasteiger partial charge in [-0.15, -0.1) is 0 Å². The van der Waals surface area contributed by atoms with E-state index in [-0.39, 0.29) is 23.8 Å². The summed E-state index contributed by atoms with van der Waals surface area (Å²) in [7, 11) is 2.74. The van der Waals surface area contributed by atoms with Gasteiger partial charge < -0.3 is 9.47 Å². The molecule has 1 fully saturated rings. The summed E-state index contributed by atoms with van der Waals surface area (Å²) in [4.78, 5) is 24.0. The van der Waals surface area contributed by atoms with E-state index in [0.717, 1.165) is 0 Å². The van der Waals surface area contributed by atoms with E-state index in [1.165, 1.54) is 14.2 Å². The maximum atomic E-state index is 12.0. The molecule has 0 radical (unpaired) electrons. The van der Waals surface area contributed by atoms with Crippen molar-refractivity contribution in [3.63, 3.8) is 0 Å². The van der Waals surface area contributed by atoms with Crippen molar-refractivity contribution in [2.75, 3.05) is 14.2 Å². The van der Waals surface area contributed by atoms with Crippen molar-refractivity contribution in [3.8, 4) is 0 Å². The predicted molar refractivity (Wildman–Crippen MR) is 63.3 cm³/mol. The second-order valence-corrected chi connectivity index (χ2v) is 5.18. The van der Waals surface area contributed by atoms with E-state index in [1.54, 1.807) is 0 Å². The Morgan fingerprint density at radius 1 is 0.722 bits per heavy atom. The first-order chi connectivity index (χ1) is 8.69. The van der Waals surface area contributed by atoms with Crippen LogP contribution < -0.4 is 0 Å². The molecule has 18 heavy (non-hydrogen) atoms. The van der Waals surface area contributed by atoms with Crippen LogP contribution in [0.15, 0.2) is 24.3 Å². The number of rotatable bonds is 2. The van der Waals surface area contributed by atoms with E-state index < -0.39 is 11.8 Å². The van der Waals surface area contributed by atoms with Crippen LogP contribution in [0.5, 0.6) is 0 Å². The van der Waals surface area contributed by atoms with Gasteiger partial charge in [0.1, 0.15) is 0 Å². The number of hydrogen-bond acceptors (Lipinski definition) is 4. The van der Waals surface area contributed by atoms with Crippen LogP contribution in [0.25, 0.3) is 0 Å². The molecule has 4 heteroatoms. The minimum atomic E-state index is -0.399. The minimum Gasteiger partial charge on any atom is -0.469 e. The molecule has 4 aliphatic rings. The van der Waals surface area contributed by atoms with Crippen molar-refractivity contribution in [1.29, 1.82) is 0 Å². The molecule has 0 unspecified atom stereocenters. The van der Waals surface area contributed by atoms with Gasteiger partial charge in [0.25, 0.3) is 0 Å². The number of carbonyl (C=O) groups excluding carboxylic acids is 2. The molecule has 0 spiro atoms. The van der Waals surface area contributed by atoms with Gasteiger partial charge in [-0.25, -0.2) is 0 Å². The van der Waals surface area contributed by atoms with E-state index in [1.807, 2.05) is 0 Å². The molecule has 4 rings (SSSR count). The zero-order chi connectivity index (χ0) is 12.9. The first-order valence-electron chi connectivity index (χ1n) is 6.21. The second kappa shape index (κ2) is 3.97. The number of carbonyl (C=O) groups is 2. The molecule has 4 nitrogen and oxygen atoms in total. The van der Waals surface area contributed by atoms with Crippen LogP contribution in [-0.2, 0) is 19.1 Å². The highest BCUT2D eigenvalue weighted by molar-refractivity contribution is 5.84. The van der Waals surface area contributed by atoms with Crippen LogP contribution in [0.3, 0.4) is 0 Å². The Bertz CT molecular complexity index is 411. The Morgan fingerprint density at radius 2 is 1.06 bits per heavy atom. The van der Waals surface area contributed by atoms with Crippen LogP contribution in [0.4, 0.5) is 0 Å². The summed E-state index contributed by atoms with van der Waals surface area (Å²) < 4.78 is 9.74. The highest BCUT2D eigenvalue weighted by Crippen LogP contribution is 2.56. The quantitative estimate of drug-likeness (QED) is 0.544. The highest BCUT2D eigenvalue weighted by Gasteiger charge is 2.58. The smallest absolute Gasteiger partial charge is 0.310 e. The number of fused-ring (bicyclic) bond motifs is 1. The number of hydrogen-bond donors (Lipinski definition) is 0. The lowest BCUT2D eigenvalue weighted by atomic mass is 9.50. The SMILES string of the molecule is COC(=O)[C@@H]1[C@@H]2C=C[C@@H]([C@@H]3C=C[C@@H]32)[C@H]1C(=O)OC. The molecule has 2 bridgehead atoms. The molecule has 0 amide bonds. The van der Waals surface area contributed by atoms with Gasteiger partial charge in [-0.3, -0.25) is 9.59 Å². The standard InChI is InChI=1S/C14H16O4/c1-17-13(15)11-9-5-6-10(8-4-3-7(8)9)12(11)14(16)18-2/h3-12H,1-2H3/t7-,8+,9+,10-,11-,12-/m1/s1. The lowest BCUT2D eigenvalue weighted by molar-refractivity contribution is -0.167. The van der Waals surface area contributed by atoms with E-state index in [9.17, 15) is 9.59 Å². The number of allylic oxidation sites excluding steroid dienone is 4. The topological polar surface area (TPSA) is 52.6 Å². The lowest BCUT2D eigenvalue weighted by Crippen LogP contribution is -2.55. The maximum absolute atomic E-state index is 12.0. The Labute approximate surface area is 106 Å². The molecule has 0 N–H and O–H groups in total. The summed E-state index contributed by atoms with van der Waals surface area (Å²) in [5, 5.41) is 0. The molecule has 0 aliphatic heterocycles. The van der Waals surface area contributed by atoms with Gasteiger partial charge in [-0.05, 0) is 23.7 Å². The van der Waals surface area contributed by atoms with E-state index >= 15 is 0 Å². The van der Waals surface area contributed by atoms with Gasteiger partial charge >= 0.3 is 11.9 Å². The third-order valence-corrected chi connectivity index (χ3v) is 4.61. The summed E-state index contributed by atoms with van der Waals surface area (Å²) in [5.41, 5.74) is 0. The second-order valence-electron chi connectivity index (χ2n) is 5.18. The van der Waals surface area contributed by atoms with Crippen molar-refractivity contribution in [2.45, 2.75) is 0 Å². The summed E-state index contributed by atoms with van der Waals surface area (Å²) in [6, 6.07) is 0. The highest BCUT2D eigenvalue weighted by atomic mass is 16.5. The van der Waals surface area contributed by atoms with Gasteiger partial charge in [-0.1, -0.05) is 24.3 Å². The largest absolute Gasteiger partial charge is 0.469 e. The predicted octanol–water partition coefficient (Wildman–Crippen LogP) is 1.18. The Hall–Kier alpha value is -1.58. The Morgan fingerprint density at radius 3 is 1.33 bits per heavy atom. The molecular formula is C14H16O4. The fourth-order valence-electron chi connectivity index (χ4n) is 3.73. The van der Waals surface area contributed by atoms with Gasteiger partial charge in [-0.2, -0.15) is 0 Å². The van der Waals surface area contributed by atoms with Crippen molar-refractivity contribution in [3.05, 3.63) is 24.3 Å². The minimum absolute atomic E-state index is 0.0709. The normalized spacial score (nSPS) is 43.0. The van der Waals surface area contributed by atoms with Crippen molar-refractivity contribution >= 4 is 11.9 Å². The van der Waals surface area contributed by atoms with Crippen molar-refractivity contribution < 1.29 is 19.1 Å². The third-order valence-electron chi connectivity index (χ3n) is 4.61. The lowest BCUT2D eigenvalue weighted by Gasteiger charge is -2.53. The first-order valence-corrected chi connectivity index (χ1v) is 6.21. The molecule has 96 valence electrons. The maximum Gasteiger partial charge on any atom is 0.310 e. The Balaban J connectivity index is 2.00. The van der Waals surface area contributed by atoms with Gasteiger partial charge in [0.15, 0.2) is 0 Å². The third kappa shape index (κ3) is 1.32. The molecule has 0 aromatic carbocycles. The molecule has 0 heterocycles. The zero-order valence-electron chi connectivity index (χ0n) is 10.4. The van der Waals surface area contributed by atoms with E-state index in [4.69, 9.17) is 9.47 Å². The van der Waals surface area contributed by atoms with Crippen molar-refractivity contribution in [2.24, 2.45) is 35.5 Å². The summed E-state index contributed by atoms with van der Waals surface area (Å²) in [6.45, 7) is 0. The first kappa shape index (κ1) is 11.5. The number of ether oxygens (including phenoxy) is 2. The average molecular weight is 248 g/mol. The summed E-state index contributed by atoms with van der Waals surface area (Å²) >= 11 is 0. The zero-order valence-corrected chi connectivity index (χ0v) is 10.4. The molecule has 0 saturated heterocycles. The molecule has 0 aromatic rings. The van der Waals surface area contributed by atoms with E-state index in [0.29, 0.717) is 11.8 Å². The molecule has 6 atom stereocenters. The van der Waals surface area contributed by atoms with Gasteiger partial charge in [0.2, 0.25) is 0 Å².